The molecule has 20 heavy (non-hydrogen) atoms. The van der Waals surface area contributed by atoms with Crippen molar-refractivity contribution in [2.75, 3.05) is 20.3 Å². The van der Waals surface area contributed by atoms with Gasteiger partial charge in [0, 0.05) is 18.7 Å². The van der Waals surface area contributed by atoms with Gasteiger partial charge in [-0.15, -0.1) is 0 Å². The van der Waals surface area contributed by atoms with Gasteiger partial charge in [-0.05, 0) is 6.07 Å². The number of non-ortho nitro benzene ring substituents is 1. The molecule has 0 amide bonds. The van der Waals surface area contributed by atoms with Crippen molar-refractivity contribution in [2.45, 2.75) is 26.0 Å². The number of methoxy groups -OCH3 is 1. The molecule has 2 N–H and O–H groups in total. The summed E-state index contributed by atoms with van der Waals surface area (Å²) < 4.78 is 10.5. The molecule has 1 unspecified atom stereocenters. The maximum Gasteiger partial charge on any atom is 0.273 e. The van der Waals surface area contributed by atoms with Gasteiger partial charge in [0.2, 0.25) is 0 Å². The summed E-state index contributed by atoms with van der Waals surface area (Å²) in [6.45, 7) is 4.45. The van der Waals surface area contributed by atoms with Crippen LogP contribution in [0.15, 0.2) is 18.2 Å². The topological polar surface area (TPSA) is 93.9 Å². The molecule has 0 aliphatic heterocycles. The second-order valence-electron chi connectivity index (χ2n) is 4.62. The van der Waals surface area contributed by atoms with Gasteiger partial charge < -0.3 is 19.9 Å². The number of benzene rings is 1. The van der Waals surface area contributed by atoms with Crippen molar-refractivity contribution in [3.05, 3.63) is 28.3 Å². The van der Waals surface area contributed by atoms with Gasteiger partial charge in [0.15, 0.2) is 11.5 Å². The van der Waals surface area contributed by atoms with E-state index in [0.717, 1.165) is 0 Å². The molecule has 112 valence electrons. The minimum Gasteiger partial charge on any atom is -0.493 e. The predicted octanol–water partition coefficient (Wildman–Crippen LogP) is 1.34. The number of nitro benzene ring substituents is 1. The highest BCUT2D eigenvalue weighted by Crippen LogP contribution is 2.31. The molecule has 0 heterocycles. The Balaban J connectivity index is 2.61. The molecule has 0 aliphatic rings. The summed E-state index contributed by atoms with van der Waals surface area (Å²) in [5, 5.41) is 23.5. The van der Waals surface area contributed by atoms with Crippen molar-refractivity contribution < 1.29 is 19.5 Å². The zero-order valence-electron chi connectivity index (χ0n) is 11.8. The van der Waals surface area contributed by atoms with Crippen LogP contribution >= 0.6 is 0 Å². The van der Waals surface area contributed by atoms with Crippen LogP contribution in [0.25, 0.3) is 0 Å². The number of aliphatic hydroxyl groups excluding tert-OH is 1. The van der Waals surface area contributed by atoms with Gasteiger partial charge in [0.05, 0.1) is 18.1 Å². The lowest BCUT2D eigenvalue weighted by molar-refractivity contribution is -0.384. The molecular weight excluding hydrogens is 264 g/mol. The first-order chi connectivity index (χ1) is 9.43. The Morgan fingerprint density at radius 2 is 2.10 bits per heavy atom. The van der Waals surface area contributed by atoms with Crippen molar-refractivity contribution in [2.24, 2.45) is 0 Å². The van der Waals surface area contributed by atoms with E-state index in [1.165, 1.54) is 25.3 Å². The first-order valence-corrected chi connectivity index (χ1v) is 6.30. The average molecular weight is 284 g/mol. The third kappa shape index (κ3) is 5.02. The van der Waals surface area contributed by atoms with Crippen LogP contribution in [0.4, 0.5) is 5.69 Å². The van der Waals surface area contributed by atoms with Crippen molar-refractivity contribution in [1.82, 2.24) is 5.32 Å². The molecule has 1 atom stereocenters. The zero-order chi connectivity index (χ0) is 15.1. The molecule has 7 nitrogen and oxygen atoms in total. The van der Waals surface area contributed by atoms with Crippen LogP contribution in [0, 0.1) is 10.1 Å². The summed E-state index contributed by atoms with van der Waals surface area (Å²) in [5.74, 6) is 0.630. The standard InChI is InChI=1S/C13H20N2O5/c1-9(2)14-7-11(16)8-20-12-5-4-10(15(17)18)6-13(12)19-3/h4-6,9,11,14,16H,7-8H2,1-3H3. The van der Waals surface area contributed by atoms with Crippen LogP contribution in [0.3, 0.4) is 0 Å². The SMILES string of the molecule is COc1cc([N+](=O)[O-])ccc1OCC(O)CNC(C)C. The first-order valence-electron chi connectivity index (χ1n) is 6.30. The van der Waals surface area contributed by atoms with Crippen LogP contribution in [0.2, 0.25) is 0 Å². The van der Waals surface area contributed by atoms with Gasteiger partial charge in [-0.1, -0.05) is 13.8 Å². The zero-order valence-corrected chi connectivity index (χ0v) is 11.8. The van der Waals surface area contributed by atoms with Gasteiger partial charge in [-0.3, -0.25) is 10.1 Å². The van der Waals surface area contributed by atoms with E-state index in [1.807, 2.05) is 13.8 Å². The van der Waals surface area contributed by atoms with Gasteiger partial charge >= 0.3 is 0 Å². The summed E-state index contributed by atoms with van der Waals surface area (Å²) in [6.07, 6.45) is -0.669. The molecule has 0 saturated heterocycles. The Kier molecular flexibility index (Phi) is 6.20. The molecular formula is C13H20N2O5. The van der Waals surface area contributed by atoms with Crippen molar-refractivity contribution in [3.63, 3.8) is 0 Å². The summed E-state index contributed by atoms with van der Waals surface area (Å²) in [4.78, 5) is 10.2. The number of nitrogens with zero attached hydrogens (tertiary/aromatic N) is 1. The molecule has 1 aromatic rings. The van der Waals surface area contributed by atoms with E-state index >= 15 is 0 Å². The maximum atomic E-state index is 10.7. The molecule has 1 rings (SSSR count). The normalized spacial score (nSPS) is 12.2. The highest BCUT2D eigenvalue weighted by molar-refractivity contribution is 5.48. The lowest BCUT2D eigenvalue weighted by Crippen LogP contribution is -2.35. The molecule has 0 aromatic heterocycles. The highest BCUT2D eigenvalue weighted by atomic mass is 16.6. The molecule has 0 saturated carbocycles. The fraction of sp³-hybridized carbons (Fsp3) is 0.538. The van der Waals surface area contributed by atoms with E-state index in [1.54, 1.807) is 0 Å². The van der Waals surface area contributed by atoms with E-state index in [9.17, 15) is 15.2 Å². The Labute approximate surface area is 117 Å². The van der Waals surface area contributed by atoms with E-state index in [4.69, 9.17) is 9.47 Å². The lowest BCUT2D eigenvalue weighted by Gasteiger charge is -2.16. The maximum absolute atomic E-state index is 10.7. The third-order valence-electron chi connectivity index (χ3n) is 2.55. The second kappa shape index (κ2) is 7.66. The van der Waals surface area contributed by atoms with Crippen LogP contribution in [-0.2, 0) is 0 Å². The minimum absolute atomic E-state index is 0.0729. The van der Waals surface area contributed by atoms with Crippen LogP contribution in [-0.4, -0.2) is 42.4 Å². The average Bonchev–Trinajstić information content (AvgIpc) is 2.42. The van der Waals surface area contributed by atoms with Crippen LogP contribution in [0.5, 0.6) is 11.5 Å². The number of hydrogen-bond donors (Lipinski definition) is 2. The fourth-order valence-electron chi connectivity index (χ4n) is 1.51. The highest BCUT2D eigenvalue weighted by Gasteiger charge is 2.13. The Morgan fingerprint density at radius 1 is 1.40 bits per heavy atom. The number of rotatable bonds is 8. The Morgan fingerprint density at radius 3 is 2.65 bits per heavy atom. The van der Waals surface area contributed by atoms with Gasteiger partial charge in [-0.2, -0.15) is 0 Å². The minimum atomic E-state index is -0.669. The van der Waals surface area contributed by atoms with Crippen molar-refractivity contribution in [3.8, 4) is 11.5 Å². The Bertz CT molecular complexity index is 450. The molecule has 0 fully saturated rings. The molecule has 0 radical (unpaired) electrons. The summed E-state index contributed by atoms with van der Waals surface area (Å²) in [7, 11) is 1.41. The number of ether oxygens (including phenoxy) is 2. The van der Waals surface area contributed by atoms with Crippen molar-refractivity contribution >= 4 is 5.69 Å². The molecule has 0 spiro atoms. The number of aliphatic hydroxyl groups is 1. The monoisotopic (exact) mass is 284 g/mol. The smallest absolute Gasteiger partial charge is 0.273 e. The molecule has 1 aromatic carbocycles. The van der Waals surface area contributed by atoms with Gasteiger partial charge in [0.1, 0.15) is 12.7 Å². The fourth-order valence-corrected chi connectivity index (χ4v) is 1.51. The number of nitrogens with one attached hydrogen (secondary N) is 1. The van der Waals surface area contributed by atoms with Crippen LogP contribution < -0.4 is 14.8 Å². The molecule has 7 heteroatoms. The number of hydrogen-bond acceptors (Lipinski definition) is 6. The van der Waals surface area contributed by atoms with Gasteiger partial charge in [-0.25, -0.2) is 0 Å². The first kappa shape index (κ1) is 16.2. The van der Waals surface area contributed by atoms with E-state index in [2.05, 4.69) is 5.32 Å². The largest absolute Gasteiger partial charge is 0.493 e. The second-order valence-corrected chi connectivity index (χ2v) is 4.62. The lowest BCUT2D eigenvalue weighted by atomic mass is 10.2. The van der Waals surface area contributed by atoms with E-state index in [-0.39, 0.29) is 24.1 Å². The van der Waals surface area contributed by atoms with Crippen molar-refractivity contribution in [1.29, 1.82) is 0 Å². The number of nitro groups is 1. The van der Waals surface area contributed by atoms with E-state index < -0.39 is 11.0 Å². The third-order valence-corrected chi connectivity index (χ3v) is 2.55. The van der Waals surface area contributed by atoms with E-state index in [0.29, 0.717) is 12.3 Å². The summed E-state index contributed by atoms with van der Waals surface area (Å²) in [6, 6.07) is 4.35. The van der Waals surface area contributed by atoms with Crippen LogP contribution in [0.1, 0.15) is 13.8 Å². The summed E-state index contributed by atoms with van der Waals surface area (Å²) >= 11 is 0. The molecule has 0 bridgehead atoms. The summed E-state index contributed by atoms with van der Waals surface area (Å²) in [5.41, 5.74) is -0.0729. The Hall–Kier alpha value is -1.86. The predicted molar refractivity (Wildman–Crippen MR) is 74.3 cm³/mol. The quantitative estimate of drug-likeness (QED) is 0.552. The molecule has 0 aliphatic carbocycles. The van der Waals surface area contributed by atoms with Gasteiger partial charge in [0.25, 0.3) is 5.69 Å².